The zero-order chi connectivity index (χ0) is 24.7. The van der Waals surface area contributed by atoms with Crippen LogP contribution in [0.4, 0.5) is 10.1 Å². The van der Waals surface area contributed by atoms with E-state index in [2.05, 4.69) is 25.0 Å². The van der Waals surface area contributed by atoms with E-state index in [1.807, 2.05) is 18.7 Å². The van der Waals surface area contributed by atoms with E-state index in [1.54, 1.807) is 28.0 Å². The van der Waals surface area contributed by atoms with Gasteiger partial charge in [0.2, 0.25) is 5.91 Å². The molecule has 182 valence electrons. The van der Waals surface area contributed by atoms with Gasteiger partial charge < -0.3 is 19.5 Å². The number of halogens is 2. The van der Waals surface area contributed by atoms with Crippen LogP contribution in [-0.2, 0) is 11.3 Å². The number of carbonyl (C=O) groups excluding carboxylic acids is 1. The van der Waals surface area contributed by atoms with Gasteiger partial charge >= 0.3 is 0 Å². The first-order valence-electron chi connectivity index (χ1n) is 11.1. The summed E-state index contributed by atoms with van der Waals surface area (Å²) in [5.41, 5.74) is 2.32. The first-order valence-corrected chi connectivity index (χ1v) is 11.5. The predicted octanol–water partition coefficient (Wildman–Crippen LogP) is 3.06. The Bertz CT molecular complexity index is 1390. The molecule has 1 aliphatic heterocycles. The van der Waals surface area contributed by atoms with E-state index in [-0.39, 0.29) is 23.5 Å². The molecule has 4 aromatic rings. The molecule has 4 heterocycles. The van der Waals surface area contributed by atoms with Crippen molar-refractivity contribution in [3.8, 4) is 17.3 Å². The second-order valence-corrected chi connectivity index (χ2v) is 8.83. The van der Waals surface area contributed by atoms with Gasteiger partial charge in [0.25, 0.3) is 0 Å². The summed E-state index contributed by atoms with van der Waals surface area (Å²) in [6.45, 7) is 5.19. The van der Waals surface area contributed by atoms with Crippen LogP contribution in [0.5, 0.6) is 5.75 Å². The highest BCUT2D eigenvalue weighted by Crippen LogP contribution is 2.33. The molecule has 0 aliphatic carbocycles. The Labute approximate surface area is 205 Å². The maximum absolute atomic E-state index is 14.6. The third-order valence-corrected chi connectivity index (χ3v) is 6.53. The maximum Gasteiger partial charge on any atom is 0.244 e. The van der Waals surface area contributed by atoms with Gasteiger partial charge in [-0.2, -0.15) is 5.10 Å². The van der Waals surface area contributed by atoms with Gasteiger partial charge in [0.15, 0.2) is 11.5 Å². The van der Waals surface area contributed by atoms with Crippen LogP contribution < -0.4 is 9.64 Å². The Morgan fingerprint density at radius 3 is 2.83 bits per heavy atom. The van der Waals surface area contributed by atoms with Gasteiger partial charge in [-0.15, -0.1) is 0 Å². The summed E-state index contributed by atoms with van der Waals surface area (Å²) in [5.74, 6) is 0.468. The van der Waals surface area contributed by atoms with Gasteiger partial charge in [-0.05, 0) is 19.9 Å². The highest BCUT2D eigenvalue weighted by Gasteiger charge is 2.30. The molecule has 3 aromatic heterocycles. The average Bonchev–Trinajstić information content (AvgIpc) is 3.48. The molecule has 1 fully saturated rings. The number of fused-ring (bicyclic) bond motifs is 1. The molecule has 1 amide bonds. The number of H-pyrrole nitrogens is 1. The quantitative estimate of drug-likeness (QED) is 0.451. The fourth-order valence-electron chi connectivity index (χ4n) is 4.51. The molecule has 0 bridgehead atoms. The lowest BCUT2D eigenvalue weighted by Gasteiger charge is -2.41. The Morgan fingerprint density at radius 2 is 2.11 bits per heavy atom. The van der Waals surface area contributed by atoms with Gasteiger partial charge in [-0.25, -0.2) is 24.0 Å². The van der Waals surface area contributed by atoms with E-state index in [0.717, 1.165) is 11.1 Å². The normalized spacial score (nSPS) is 16.2. The fourth-order valence-corrected chi connectivity index (χ4v) is 4.73. The molecule has 5 rings (SSSR count). The monoisotopic (exact) mass is 498 g/mol. The van der Waals surface area contributed by atoms with Crippen LogP contribution in [-0.4, -0.2) is 73.3 Å². The lowest BCUT2D eigenvalue weighted by atomic mass is 10.1. The number of methoxy groups -OCH3 is 1. The molecule has 1 unspecified atom stereocenters. The van der Waals surface area contributed by atoms with E-state index in [0.29, 0.717) is 48.2 Å². The van der Waals surface area contributed by atoms with E-state index < -0.39 is 5.82 Å². The minimum atomic E-state index is -0.425. The number of ether oxygens (including phenoxy) is 1. The van der Waals surface area contributed by atoms with Crippen LogP contribution >= 0.6 is 11.6 Å². The van der Waals surface area contributed by atoms with Gasteiger partial charge in [-0.3, -0.25) is 4.79 Å². The number of amides is 1. The topological polar surface area (TPSA) is 105 Å². The molecule has 10 nitrogen and oxygen atoms in total. The lowest BCUT2D eigenvalue weighted by molar-refractivity contribution is -0.134. The molecule has 1 aliphatic rings. The summed E-state index contributed by atoms with van der Waals surface area (Å²) < 4.78 is 21.5. The molecule has 0 radical (unpaired) electrons. The van der Waals surface area contributed by atoms with Gasteiger partial charge in [0, 0.05) is 44.1 Å². The van der Waals surface area contributed by atoms with Gasteiger partial charge in [-0.1, -0.05) is 11.6 Å². The number of aryl methyl sites for hydroxylation is 1. The van der Waals surface area contributed by atoms with Gasteiger partial charge in [0.1, 0.15) is 30.1 Å². The first-order chi connectivity index (χ1) is 16.9. The number of nitrogens with one attached hydrogen (secondary N) is 1. The molecule has 1 N–H and O–H groups in total. The standard InChI is InChI=1S/C23H24ClFN8O2/c1-13-10-31(17-9-18(35-3)15(24)8-16(17)25)6-7-32(13)19(34)11-33-23-20(14(2)28-12-29-23)21(30-33)22-26-4-5-27-22/h4-5,8-9,12-13H,6-7,10-11H2,1-3H3,(H,26,27). The Balaban J connectivity index is 1.36. The van der Waals surface area contributed by atoms with Crippen LogP contribution in [0.15, 0.2) is 30.9 Å². The predicted molar refractivity (Wildman–Crippen MR) is 129 cm³/mol. The van der Waals surface area contributed by atoms with Crippen LogP contribution in [0.2, 0.25) is 5.02 Å². The molecule has 35 heavy (non-hydrogen) atoms. The first kappa shape index (κ1) is 23.0. The number of benzene rings is 1. The van der Waals surface area contributed by atoms with Crippen molar-refractivity contribution in [3.63, 3.8) is 0 Å². The number of hydrogen-bond acceptors (Lipinski definition) is 7. The van der Waals surface area contributed by atoms with Gasteiger partial charge in [0.05, 0.1) is 28.9 Å². The molecule has 0 spiro atoms. The summed E-state index contributed by atoms with van der Waals surface area (Å²) in [7, 11) is 1.49. The van der Waals surface area contributed by atoms with Crippen LogP contribution in [0.1, 0.15) is 12.6 Å². The molecule has 1 saturated heterocycles. The average molecular weight is 499 g/mol. The number of hydrogen-bond donors (Lipinski definition) is 1. The Morgan fingerprint density at radius 1 is 1.29 bits per heavy atom. The van der Waals surface area contributed by atoms with Crippen molar-refractivity contribution in [2.45, 2.75) is 26.4 Å². The molecule has 12 heteroatoms. The van der Waals surface area contributed by atoms with Crippen molar-refractivity contribution < 1.29 is 13.9 Å². The third kappa shape index (κ3) is 4.16. The van der Waals surface area contributed by atoms with E-state index in [1.165, 1.54) is 19.5 Å². The number of aromatic amines is 1. The number of carbonyl (C=O) groups is 1. The summed E-state index contributed by atoms with van der Waals surface area (Å²) in [6, 6.07) is 2.69. The second kappa shape index (κ2) is 9.14. The van der Waals surface area contributed by atoms with Crippen LogP contribution in [0.3, 0.4) is 0 Å². The number of nitrogens with zero attached hydrogens (tertiary/aromatic N) is 7. The minimum Gasteiger partial charge on any atom is -0.495 e. The smallest absolute Gasteiger partial charge is 0.244 e. The van der Waals surface area contributed by atoms with Crippen molar-refractivity contribution in [1.29, 1.82) is 0 Å². The highest BCUT2D eigenvalue weighted by atomic mass is 35.5. The Kier molecular flexibility index (Phi) is 6.01. The van der Waals surface area contributed by atoms with Crippen molar-refractivity contribution in [2.24, 2.45) is 0 Å². The largest absolute Gasteiger partial charge is 0.495 e. The summed E-state index contributed by atoms with van der Waals surface area (Å²) in [5, 5.41) is 5.61. The number of rotatable bonds is 5. The zero-order valence-corrected chi connectivity index (χ0v) is 20.3. The van der Waals surface area contributed by atoms with Crippen molar-refractivity contribution in [3.05, 3.63) is 47.4 Å². The molecular weight excluding hydrogens is 475 g/mol. The lowest BCUT2D eigenvalue weighted by Crippen LogP contribution is -2.55. The third-order valence-electron chi connectivity index (χ3n) is 6.24. The number of aromatic nitrogens is 6. The molecule has 1 aromatic carbocycles. The zero-order valence-electron chi connectivity index (χ0n) is 19.5. The van der Waals surface area contributed by atoms with E-state index in [4.69, 9.17) is 16.3 Å². The second-order valence-electron chi connectivity index (χ2n) is 8.42. The maximum atomic E-state index is 14.6. The fraction of sp³-hybridized carbons (Fsp3) is 0.348. The highest BCUT2D eigenvalue weighted by molar-refractivity contribution is 6.32. The number of imidazole rings is 1. The summed E-state index contributed by atoms with van der Waals surface area (Å²) in [6.07, 6.45) is 4.82. The SMILES string of the molecule is COc1cc(N2CCN(C(=O)Cn3nc(-c4ncc[nH]4)c4c(C)ncnc43)C(C)C2)c(F)cc1Cl. The Hall–Kier alpha value is -3.73. The van der Waals surface area contributed by atoms with E-state index in [9.17, 15) is 9.18 Å². The molecular formula is C23H24ClFN8O2. The van der Waals surface area contributed by atoms with Crippen LogP contribution in [0, 0.1) is 12.7 Å². The van der Waals surface area contributed by atoms with Crippen molar-refractivity contribution >= 4 is 34.2 Å². The summed E-state index contributed by atoms with van der Waals surface area (Å²) in [4.78, 5) is 33.0. The van der Waals surface area contributed by atoms with Crippen molar-refractivity contribution in [2.75, 3.05) is 31.6 Å². The van der Waals surface area contributed by atoms with E-state index >= 15 is 0 Å². The number of piperazine rings is 1. The summed E-state index contributed by atoms with van der Waals surface area (Å²) >= 11 is 6.04. The minimum absolute atomic E-state index is 0.0150. The number of anilines is 1. The van der Waals surface area contributed by atoms with Crippen molar-refractivity contribution in [1.82, 2.24) is 34.6 Å². The molecule has 0 saturated carbocycles. The molecule has 1 atom stereocenters. The van der Waals surface area contributed by atoms with Crippen LogP contribution in [0.25, 0.3) is 22.6 Å².